The highest BCUT2D eigenvalue weighted by Crippen LogP contribution is 2.11. The molecular weight excluding hydrogens is 180 g/mol. The van der Waals surface area contributed by atoms with Crippen molar-refractivity contribution in [1.29, 1.82) is 0 Å². The van der Waals surface area contributed by atoms with E-state index in [2.05, 4.69) is 10.1 Å². The smallest absolute Gasteiger partial charge is 0.225 e. The van der Waals surface area contributed by atoms with Crippen LogP contribution in [0.2, 0.25) is 0 Å². The molecule has 2 heterocycles. The van der Waals surface area contributed by atoms with Crippen molar-refractivity contribution in [3.63, 3.8) is 0 Å². The lowest BCUT2D eigenvalue weighted by Crippen LogP contribution is -2.40. The molecule has 0 aliphatic carbocycles. The maximum Gasteiger partial charge on any atom is 0.225 e. The van der Waals surface area contributed by atoms with E-state index < -0.39 is 0 Å². The minimum Gasteiger partial charge on any atom is -0.333 e. The van der Waals surface area contributed by atoms with E-state index in [9.17, 15) is 4.79 Å². The van der Waals surface area contributed by atoms with Gasteiger partial charge in [0, 0.05) is 12.5 Å². The number of carbonyl (C=O) groups is 1. The summed E-state index contributed by atoms with van der Waals surface area (Å²) in [6.45, 7) is 5.93. The quantitative estimate of drug-likeness (QED) is 0.645. The van der Waals surface area contributed by atoms with Gasteiger partial charge in [0.05, 0.1) is 13.1 Å². The average molecular weight is 194 g/mol. The number of carbonyl (C=O) groups excluding carboxylic acids is 1. The summed E-state index contributed by atoms with van der Waals surface area (Å²) in [6.07, 6.45) is 1.54. The van der Waals surface area contributed by atoms with Gasteiger partial charge in [0.2, 0.25) is 5.91 Å². The van der Waals surface area contributed by atoms with Crippen molar-refractivity contribution in [2.45, 2.75) is 26.9 Å². The Labute approximate surface area is 82.7 Å². The first-order valence-electron chi connectivity index (χ1n) is 4.84. The third-order valence-corrected chi connectivity index (χ3v) is 2.42. The van der Waals surface area contributed by atoms with Crippen LogP contribution in [-0.2, 0) is 17.9 Å². The van der Waals surface area contributed by atoms with E-state index in [1.54, 1.807) is 6.33 Å². The van der Waals surface area contributed by atoms with Crippen molar-refractivity contribution < 1.29 is 4.79 Å². The minimum atomic E-state index is 0.0597. The van der Waals surface area contributed by atoms with Gasteiger partial charge < -0.3 is 4.90 Å². The standard InChI is InChI=1S/C9H14N4O/c1-7(2)9(14)12-3-4-13-8(5-12)10-6-11-13/h6-7H,3-5H2,1-2H3. The molecule has 0 atom stereocenters. The summed E-state index contributed by atoms with van der Waals surface area (Å²) in [5, 5.41) is 4.06. The number of fused-ring (bicyclic) bond motifs is 1. The summed E-state index contributed by atoms with van der Waals surface area (Å²) < 4.78 is 1.85. The number of hydrogen-bond acceptors (Lipinski definition) is 3. The van der Waals surface area contributed by atoms with Crippen molar-refractivity contribution in [2.75, 3.05) is 6.54 Å². The van der Waals surface area contributed by atoms with E-state index in [4.69, 9.17) is 0 Å². The maximum absolute atomic E-state index is 11.7. The van der Waals surface area contributed by atoms with Crippen LogP contribution in [0, 0.1) is 5.92 Å². The monoisotopic (exact) mass is 194 g/mol. The maximum atomic E-state index is 11.7. The normalized spacial score (nSPS) is 15.8. The zero-order valence-corrected chi connectivity index (χ0v) is 8.47. The molecule has 14 heavy (non-hydrogen) atoms. The number of hydrogen-bond donors (Lipinski definition) is 0. The Morgan fingerprint density at radius 3 is 3.00 bits per heavy atom. The molecule has 0 N–H and O–H groups in total. The molecular formula is C9H14N4O. The molecule has 5 heteroatoms. The fourth-order valence-corrected chi connectivity index (χ4v) is 1.62. The lowest BCUT2D eigenvalue weighted by molar-refractivity contribution is -0.136. The molecule has 0 spiro atoms. The topological polar surface area (TPSA) is 51.0 Å². The SMILES string of the molecule is CC(C)C(=O)N1CCn2ncnc2C1. The molecule has 0 bridgehead atoms. The molecule has 5 nitrogen and oxygen atoms in total. The summed E-state index contributed by atoms with van der Waals surface area (Å²) in [5.41, 5.74) is 0. The molecule has 0 saturated carbocycles. The number of nitrogens with zero attached hydrogens (tertiary/aromatic N) is 4. The molecule has 2 rings (SSSR count). The minimum absolute atomic E-state index is 0.0597. The van der Waals surface area contributed by atoms with E-state index >= 15 is 0 Å². The van der Waals surface area contributed by atoms with E-state index in [0.29, 0.717) is 6.54 Å². The molecule has 0 fully saturated rings. The van der Waals surface area contributed by atoms with Gasteiger partial charge in [0.15, 0.2) is 0 Å². The lowest BCUT2D eigenvalue weighted by Gasteiger charge is -2.28. The van der Waals surface area contributed by atoms with Crippen LogP contribution in [-0.4, -0.2) is 32.1 Å². The Morgan fingerprint density at radius 2 is 2.29 bits per heavy atom. The largest absolute Gasteiger partial charge is 0.333 e. The van der Waals surface area contributed by atoms with Gasteiger partial charge >= 0.3 is 0 Å². The van der Waals surface area contributed by atoms with E-state index in [-0.39, 0.29) is 11.8 Å². The van der Waals surface area contributed by atoms with Gasteiger partial charge in [-0.15, -0.1) is 0 Å². The Morgan fingerprint density at radius 1 is 1.50 bits per heavy atom. The van der Waals surface area contributed by atoms with Crippen molar-refractivity contribution in [1.82, 2.24) is 19.7 Å². The van der Waals surface area contributed by atoms with Crippen LogP contribution in [0.15, 0.2) is 6.33 Å². The van der Waals surface area contributed by atoms with Gasteiger partial charge in [-0.1, -0.05) is 13.8 Å². The second-order valence-electron chi connectivity index (χ2n) is 3.81. The molecule has 0 aromatic carbocycles. The molecule has 1 aromatic heterocycles. The Hall–Kier alpha value is -1.39. The first-order chi connectivity index (χ1) is 6.68. The number of rotatable bonds is 1. The van der Waals surface area contributed by atoms with Gasteiger partial charge in [-0.2, -0.15) is 5.10 Å². The van der Waals surface area contributed by atoms with Crippen LogP contribution in [0.5, 0.6) is 0 Å². The summed E-state index contributed by atoms with van der Waals surface area (Å²) in [5.74, 6) is 1.13. The van der Waals surface area contributed by atoms with Gasteiger partial charge in [0.1, 0.15) is 12.2 Å². The van der Waals surface area contributed by atoms with E-state index in [0.717, 1.165) is 18.9 Å². The summed E-state index contributed by atoms with van der Waals surface area (Å²) in [6, 6.07) is 0. The Bertz CT molecular complexity index is 344. The van der Waals surface area contributed by atoms with Crippen LogP contribution in [0.25, 0.3) is 0 Å². The van der Waals surface area contributed by atoms with Crippen molar-refractivity contribution in [3.05, 3.63) is 12.2 Å². The van der Waals surface area contributed by atoms with Gasteiger partial charge in [0.25, 0.3) is 0 Å². The zero-order chi connectivity index (χ0) is 10.1. The molecule has 1 aromatic rings. The zero-order valence-electron chi connectivity index (χ0n) is 8.47. The Kier molecular flexibility index (Phi) is 2.23. The van der Waals surface area contributed by atoms with Gasteiger partial charge in [-0.3, -0.25) is 4.79 Å². The van der Waals surface area contributed by atoms with Crippen LogP contribution in [0.4, 0.5) is 0 Å². The van der Waals surface area contributed by atoms with Gasteiger partial charge in [-0.05, 0) is 0 Å². The third-order valence-electron chi connectivity index (χ3n) is 2.42. The molecule has 1 amide bonds. The Balaban J connectivity index is 2.11. The van der Waals surface area contributed by atoms with Gasteiger partial charge in [-0.25, -0.2) is 9.67 Å². The number of amides is 1. The lowest BCUT2D eigenvalue weighted by atomic mass is 10.2. The summed E-state index contributed by atoms with van der Waals surface area (Å²) >= 11 is 0. The molecule has 0 unspecified atom stereocenters. The van der Waals surface area contributed by atoms with Crippen molar-refractivity contribution in [3.8, 4) is 0 Å². The van der Waals surface area contributed by atoms with Crippen LogP contribution in [0.1, 0.15) is 19.7 Å². The average Bonchev–Trinajstić information content (AvgIpc) is 2.62. The highest BCUT2D eigenvalue weighted by atomic mass is 16.2. The molecule has 1 aliphatic rings. The summed E-state index contributed by atoms with van der Waals surface area (Å²) in [4.78, 5) is 17.6. The number of aromatic nitrogens is 3. The van der Waals surface area contributed by atoms with Crippen LogP contribution in [0.3, 0.4) is 0 Å². The van der Waals surface area contributed by atoms with Crippen molar-refractivity contribution >= 4 is 5.91 Å². The molecule has 0 saturated heterocycles. The third kappa shape index (κ3) is 1.49. The predicted octanol–water partition coefficient (Wildman–Crippen LogP) is 0.276. The predicted molar refractivity (Wildman–Crippen MR) is 50.3 cm³/mol. The van der Waals surface area contributed by atoms with E-state index in [1.165, 1.54) is 0 Å². The second kappa shape index (κ2) is 3.40. The van der Waals surface area contributed by atoms with Crippen molar-refractivity contribution in [2.24, 2.45) is 5.92 Å². The first-order valence-corrected chi connectivity index (χ1v) is 4.84. The molecule has 76 valence electrons. The van der Waals surface area contributed by atoms with Crippen LogP contribution >= 0.6 is 0 Å². The first kappa shape index (κ1) is 9.18. The summed E-state index contributed by atoms with van der Waals surface area (Å²) in [7, 11) is 0. The van der Waals surface area contributed by atoms with Crippen LogP contribution < -0.4 is 0 Å². The highest BCUT2D eigenvalue weighted by Gasteiger charge is 2.23. The second-order valence-corrected chi connectivity index (χ2v) is 3.81. The fraction of sp³-hybridized carbons (Fsp3) is 0.667. The molecule has 1 aliphatic heterocycles. The fourth-order valence-electron chi connectivity index (χ4n) is 1.62. The molecule has 0 radical (unpaired) electrons. The highest BCUT2D eigenvalue weighted by molar-refractivity contribution is 5.78. The van der Waals surface area contributed by atoms with E-state index in [1.807, 2.05) is 23.4 Å².